The lowest BCUT2D eigenvalue weighted by atomic mass is 9.72. The van der Waals surface area contributed by atoms with Crippen LogP contribution in [0.15, 0.2) is 48.7 Å². The first-order chi connectivity index (χ1) is 15.9. The van der Waals surface area contributed by atoms with Gasteiger partial charge in [0, 0.05) is 35.7 Å². The molecule has 6 heteroatoms. The van der Waals surface area contributed by atoms with Crippen molar-refractivity contribution in [2.24, 2.45) is 0 Å². The van der Waals surface area contributed by atoms with Gasteiger partial charge in [-0.15, -0.1) is 0 Å². The van der Waals surface area contributed by atoms with E-state index in [-0.39, 0.29) is 5.41 Å². The number of nitrogens with one attached hydrogen (secondary N) is 2. The van der Waals surface area contributed by atoms with Crippen LogP contribution in [0.1, 0.15) is 44.7 Å². The summed E-state index contributed by atoms with van der Waals surface area (Å²) in [5.74, 6) is 1.46. The summed E-state index contributed by atoms with van der Waals surface area (Å²) >= 11 is 0. The molecular weight excluding hydrogens is 410 g/mol. The molecule has 0 saturated carbocycles. The van der Waals surface area contributed by atoms with Gasteiger partial charge in [0.25, 0.3) is 0 Å². The average molecular weight is 444 g/mol. The fraction of sp³-hybridized carbons (Fsp3) is 0.407. The van der Waals surface area contributed by atoms with Crippen LogP contribution in [0.25, 0.3) is 11.3 Å². The molecule has 0 radical (unpaired) electrons. The van der Waals surface area contributed by atoms with Crippen LogP contribution in [-0.2, 0) is 11.8 Å². The number of benzene rings is 2. The van der Waals surface area contributed by atoms with Crippen molar-refractivity contribution in [2.45, 2.75) is 51.5 Å². The number of hydrogen-bond donors (Lipinski definition) is 2. The summed E-state index contributed by atoms with van der Waals surface area (Å²) in [6, 6.07) is 15.4. The molecule has 1 fully saturated rings. The first-order valence-electron chi connectivity index (χ1n) is 11.8. The topological polar surface area (TPSA) is 62.3 Å². The fourth-order valence-corrected chi connectivity index (χ4v) is 4.98. The Morgan fingerprint density at radius 3 is 2.76 bits per heavy atom. The van der Waals surface area contributed by atoms with Crippen LogP contribution in [0.2, 0.25) is 0 Å². The number of hydrogen-bond acceptors (Lipinski definition) is 6. The van der Waals surface area contributed by atoms with Gasteiger partial charge in [0.1, 0.15) is 5.75 Å². The van der Waals surface area contributed by atoms with E-state index >= 15 is 0 Å². The molecule has 1 unspecified atom stereocenters. The van der Waals surface area contributed by atoms with Gasteiger partial charge < -0.3 is 15.0 Å². The molecule has 1 atom stereocenters. The van der Waals surface area contributed by atoms with E-state index in [4.69, 9.17) is 9.72 Å². The van der Waals surface area contributed by atoms with Crippen LogP contribution < -0.4 is 20.3 Å². The van der Waals surface area contributed by atoms with Gasteiger partial charge in [-0.05, 0) is 79.1 Å². The Morgan fingerprint density at radius 2 is 1.97 bits per heavy atom. The lowest BCUT2D eigenvalue weighted by Gasteiger charge is -2.33. The van der Waals surface area contributed by atoms with E-state index in [1.54, 1.807) is 7.11 Å². The van der Waals surface area contributed by atoms with Gasteiger partial charge in [0.05, 0.1) is 19.5 Å². The lowest BCUT2D eigenvalue weighted by molar-refractivity contribution is 0.414. The molecule has 6 nitrogen and oxygen atoms in total. The third kappa shape index (κ3) is 4.40. The Balaban J connectivity index is 1.39. The quantitative estimate of drug-likeness (QED) is 0.573. The molecule has 1 aliphatic carbocycles. The highest BCUT2D eigenvalue weighted by Gasteiger charge is 2.32. The summed E-state index contributed by atoms with van der Waals surface area (Å²) in [6.07, 6.45) is 5.31. The largest absolute Gasteiger partial charge is 0.497 e. The van der Waals surface area contributed by atoms with Crippen LogP contribution in [-0.4, -0.2) is 36.3 Å². The number of fused-ring (bicyclic) bond motifs is 3. The first kappa shape index (κ1) is 21.7. The molecule has 2 N–H and O–H groups in total. The number of ether oxygens (including phenoxy) is 1. The molecule has 0 spiro atoms. The minimum Gasteiger partial charge on any atom is -0.497 e. The molecule has 1 saturated heterocycles. The van der Waals surface area contributed by atoms with Crippen molar-refractivity contribution in [1.29, 1.82) is 0 Å². The normalized spacial score (nSPS) is 19.3. The molecule has 3 aromatic rings. The monoisotopic (exact) mass is 443 g/mol. The Morgan fingerprint density at radius 1 is 1.15 bits per heavy atom. The molecular formula is C27H33N5O. The Hall–Kier alpha value is -3.12. The molecule has 2 heterocycles. The lowest BCUT2D eigenvalue weighted by Crippen LogP contribution is -2.35. The molecule has 1 aliphatic heterocycles. The zero-order valence-corrected chi connectivity index (χ0v) is 20.0. The van der Waals surface area contributed by atoms with Crippen molar-refractivity contribution in [3.63, 3.8) is 0 Å². The van der Waals surface area contributed by atoms with E-state index in [0.717, 1.165) is 42.3 Å². The third-order valence-electron chi connectivity index (χ3n) is 6.89. The minimum absolute atomic E-state index is 0.0305. The van der Waals surface area contributed by atoms with E-state index in [1.807, 2.05) is 12.3 Å². The van der Waals surface area contributed by atoms with Crippen LogP contribution >= 0.6 is 0 Å². The number of nitrogens with zero attached hydrogens (tertiary/aromatic N) is 3. The van der Waals surface area contributed by atoms with Gasteiger partial charge in [-0.3, -0.25) is 5.32 Å². The predicted molar refractivity (Wildman–Crippen MR) is 135 cm³/mol. The number of rotatable bonds is 4. The van der Waals surface area contributed by atoms with E-state index in [9.17, 15) is 0 Å². The highest BCUT2D eigenvalue weighted by molar-refractivity contribution is 5.74. The van der Waals surface area contributed by atoms with Crippen molar-refractivity contribution in [3.05, 3.63) is 59.8 Å². The van der Waals surface area contributed by atoms with E-state index in [0.29, 0.717) is 12.0 Å². The molecule has 1 aromatic heterocycles. The summed E-state index contributed by atoms with van der Waals surface area (Å²) in [6.45, 7) is 8.77. The van der Waals surface area contributed by atoms with Crippen LogP contribution in [0.3, 0.4) is 0 Å². The molecule has 0 amide bonds. The zero-order valence-electron chi connectivity index (χ0n) is 20.0. The standard InChI is InChI=1S/C27H33N5O/c1-18-6-5-13-32(17-29-18)21-9-7-20(8-10-21)30-26-28-16-19-15-27(2,3)24-12-11-22(33-4)14-23(24)25(19)31-26/h7-12,14,16,18,29H,5-6,13,15,17H2,1-4H3,(H,28,30,31). The maximum absolute atomic E-state index is 5.50. The second-order valence-electron chi connectivity index (χ2n) is 9.88. The Kier molecular flexibility index (Phi) is 5.71. The SMILES string of the molecule is COc1ccc2c(c1)-c1nc(Nc3ccc(N4CCCC(C)NC4)cc3)ncc1CC2(C)C. The summed E-state index contributed by atoms with van der Waals surface area (Å²) in [5, 5.41) is 6.98. The van der Waals surface area contributed by atoms with E-state index in [1.165, 1.54) is 29.7 Å². The Labute approximate surface area is 196 Å². The summed E-state index contributed by atoms with van der Waals surface area (Å²) in [7, 11) is 1.70. The van der Waals surface area contributed by atoms with Crippen LogP contribution in [0.5, 0.6) is 5.75 Å². The molecule has 0 bridgehead atoms. The van der Waals surface area contributed by atoms with Crippen LogP contribution in [0, 0.1) is 0 Å². The van der Waals surface area contributed by atoms with Gasteiger partial charge in [0.15, 0.2) is 0 Å². The van der Waals surface area contributed by atoms with Crippen LogP contribution in [0.4, 0.5) is 17.3 Å². The molecule has 2 aliphatic rings. The van der Waals surface area contributed by atoms with Gasteiger partial charge in [-0.1, -0.05) is 19.9 Å². The van der Waals surface area contributed by atoms with Gasteiger partial charge >= 0.3 is 0 Å². The minimum atomic E-state index is 0.0305. The number of methoxy groups -OCH3 is 1. The maximum atomic E-state index is 5.50. The molecule has 5 rings (SSSR count). The second-order valence-corrected chi connectivity index (χ2v) is 9.88. The summed E-state index contributed by atoms with van der Waals surface area (Å²) < 4.78 is 5.50. The summed E-state index contributed by atoms with van der Waals surface area (Å²) in [5.41, 5.74) is 6.83. The molecule has 172 valence electrons. The van der Waals surface area contributed by atoms with Gasteiger partial charge in [-0.2, -0.15) is 0 Å². The average Bonchev–Trinajstić information content (AvgIpc) is 3.04. The molecule has 33 heavy (non-hydrogen) atoms. The van der Waals surface area contributed by atoms with Crippen molar-refractivity contribution in [3.8, 4) is 17.0 Å². The van der Waals surface area contributed by atoms with Crippen molar-refractivity contribution < 1.29 is 4.74 Å². The zero-order chi connectivity index (χ0) is 23.0. The fourth-order valence-electron chi connectivity index (χ4n) is 4.98. The number of aromatic nitrogens is 2. The van der Waals surface area contributed by atoms with Crippen molar-refractivity contribution in [2.75, 3.05) is 30.5 Å². The Bertz CT molecular complexity index is 1140. The van der Waals surface area contributed by atoms with Crippen molar-refractivity contribution in [1.82, 2.24) is 15.3 Å². The maximum Gasteiger partial charge on any atom is 0.227 e. The highest BCUT2D eigenvalue weighted by atomic mass is 16.5. The summed E-state index contributed by atoms with van der Waals surface area (Å²) in [4.78, 5) is 12.0. The van der Waals surface area contributed by atoms with E-state index in [2.05, 4.69) is 77.7 Å². The smallest absolute Gasteiger partial charge is 0.227 e. The third-order valence-corrected chi connectivity index (χ3v) is 6.89. The van der Waals surface area contributed by atoms with Crippen molar-refractivity contribution >= 4 is 17.3 Å². The van der Waals surface area contributed by atoms with Gasteiger partial charge in [-0.25, -0.2) is 9.97 Å². The van der Waals surface area contributed by atoms with Gasteiger partial charge in [0.2, 0.25) is 5.95 Å². The number of anilines is 3. The van der Waals surface area contributed by atoms with E-state index < -0.39 is 0 Å². The predicted octanol–water partition coefficient (Wildman–Crippen LogP) is 5.27. The first-order valence-corrected chi connectivity index (χ1v) is 11.8. The second kappa shape index (κ2) is 8.67. The highest BCUT2D eigenvalue weighted by Crippen LogP contribution is 2.43. The molecule has 2 aromatic carbocycles.